The van der Waals surface area contributed by atoms with Crippen molar-refractivity contribution in [2.75, 3.05) is 13.2 Å². The Labute approximate surface area is 97.9 Å². The highest BCUT2D eigenvalue weighted by Crippen LogP contribution is 2.32. The summed E-state index contributed by atoms with van der Waals surface area (Å²) in [5, 5.41) is 9.46. The van der Waals surface area contributed by atoms with Crippen LogP contribution < -0.4 is 0 Å². The number of rotatable bonds is 3. The number of nitrogens with zero attached hydrogens (tertiary/aromatic N) is 1. The molecule has 1 aliphatic heterocycles. The molecular weight excluding hydrogens is 198 g/mol. The zero-order valence-corrected chi connectivity index (χ0v) is 10.1. The summed E-state index contributed by atoms with van der Waals surface area (Å²) < 4.78 is 0. The van der Waals surface area contributed by atoms with Gasteiger partial charge < -0.3 is 5.11 Å². The Morgan fingerprint density at radius 1 is 1.38 bits per heavy atom. The molecule has 1 heterocycles. The summed E-state index contributed by atoms with van der Waals surface area (Å²) in [6, 6.07) is 11.3. The van der Waals surface area contributed by atoms with Gasteiger partial charge in [0.05, 0.1) is 6.61 Å². The van der Waals surface area contributed by atoms with Gasteiger partial charge in [-0.2, -0.15) is 0 Å². The van der Waals surface area contributed by atoms with Crippen LogP contribution in [0.2, 0.25) is 0 Å². The molecule has 1 saturated heterocycles. The minimum atomic E-state index is 0.276. The summed E-state index contributed by atoms with van der Waals surface area (Å²) in [7, 11) is 0. The molecule has 2 rings (SSSR count). The van der Waals surface area contributed by atoms with E-state index in [1.165, 1.54) is 12.0 Å². The Morgan fingerprint density at radius 3 is 2.69 bits per heavy atom. The average molecular weight is 219 g/mol. The van der Waals surface area contributed by atoms with E-state index < -0.39 is 0 Å². The molecule has 1 aliphatic rings. The van der Waals surface area contributed by atoms with Gasteiger partial charge in [0.25, 0.3) is 0 Å². The second-order valence-corrected chi connectivity index (χ2v) is 4.84. The van der Waals surface area contributed by atoms with E-state index in [-0.39, 0.29) is 6.61 Å². The molecule has 0 aromatic heterocycles. The van der Waals surface area contributed by atoms with E-state index in [0.717, 1.165) is 6.54 Å². The molecule has 0 saturated carbocycles. The third-order valence-electron chi connectivity index (χ3n) is 3.89. The maximum absolute atomic E-state index is 9.46. The third-order valence-corrected chi connectivity index (χ3v) is 3.89. The first kappa shape index (κ1) is 11.6. The molecule has 1 fully saturated rings. The van der Waals surface area contributed by atoms with Crippen LogP contribution in [0.25, 0.3) is 0 Å². The maximum Gasteiger partial charge on any atom is 0.0589 e. The van der Waals surface area contributed by atoms with Crippen LogP contribution in [-0.4, -0.2) is 29.2 Å². The normalized spacial score (nSPS) is 28.2. The lowest BCUT2D eigenvalue weighted by atomic mass is 10.0. The predicted octanol–water partition coefficient (Wildman–Crippen LogP) is 2.45. The SMILES string of the molecule is CC1CCN(C(C)c2ccccc2)C1CO. The summed E-state index contributed by atoms with van der Waals surface area (Å²) in [5.41, 5.74) is 1.34. The molecule has 2 nitrogen and oxygen atoms in total. The van der Waals surface area contributed by atoms with E-state index >= 15 is 0 Å². The standard InChI is InChI=1S/C14H21NO/c1-11-8-9-15(14(11)10-16)12(2)13-6-4-3-5-7-13/h3-7,11-12,14,16H,8-10H2,1-2H3. The van der Waals surface area contributed by atoms with Crippen LogP contribution in [-0.2, 0) is 0 Å². The van der Waals surface area contributed by atoms with Crippen molar-refractivity contribution < 1.29 is 5.11 Å². The number of aliphatic hydroxyl groups excluding tert-OH is 1. The number of likely N-dealkylation sites (tertiary alicyclic amines) is 1. The summed E-state index contributed by atoms with van der Waals surface area (Å²) >= 11 is 0. The molecule has 0 spiro atoms. The Hall–Kier alpha value is -0.860. The van der Waals surface area contributed by atoms with E-state index in [1.54, 1.807) is 0 Å². The molecule has 88 valence electrons. The monoisotopic (exact) mass is 219 g/mol. The van der Waals surface area contributed by atoms with Crippen molar-refractivity contribution in [1.82, 2.24) is 4.90 Å². The van der Waals surface area contributed by atoms with Crippen molar-refractivity contribution in [3.8, 4) is 0 Å². The summed E-state index contributed by atoms with van der Waals surface area (Å²) in [6.07, 6.45) is 1.20. The molecular formula is C14H21NO. The van der Waals surface area contributed by atoms with Crippen molar-refractivity contribution in [2.24, 2.45) is 5.92 Å². The van der Waals surface area contributed by atoms with Crippen LogP contribution in [0.1, 0.15) is 31.9 Å². The third kappa shape index (κ3) is 2.13. The lowest BCUT2D eigenvalue weighted by molar-refractivity contribution is 0.109. The fourth-order valence-corrected chi connectivity index (χ4v) is 2.73. The van der Waals surface area contributed by atoms with E-state index in [4.69, 9.17) is 0 Å². The van der Waals surface area contributed by atoms with Crippen LogP contribution >= 0.6 is 0 Å². The number of benzene rings is 1. The molecule has 3 unspecified atom stereocenters. The Kier molecular flexibility index (Phi) is 3.62. The molecule has 0 amide bonds. The highest BCUT2D eigenvalue weighted by Gasteiger charge is 2.33. The van der Waals surface area contributed by atoms with Gasteiger partial charge in [-0.15, -0.1) is 0 Å². The minimum Gasteiger partial charge on any atom is -0.395 e. The van der Waals surface area contributed by atoms with Gasteiger partial charge in [-0.25, -0.2) is 0 Å². The Balaban J connectivity index is 2.13. The van der Waals surface area contributed by atoms with Crippen molar-refractivity contribution >= 4 is 0 Å². The Morgan fingerprint density at radius 2 is 2.06 bits per heavy atom. The topological polar surface area (TPSA) is 23.5 Å². The smallest absolute Gasteiger partial charge is 0.0589 e. The van der Waals surface area contributed by atoms with Gasteiger partial charge in [0.15, 0.2) is 0 Å². The fraction of sp³-hybridized carbons (Fsp3) is 0.571. The lowest BCUT2D eigenvalue weighted by Crippen LogP contribution is -2.37. The van der Waals surface area contributed by atoms with Crippen LogP contribution in [0.4, 0.5) is 0 Å². The molecule has 0 aliphatic carbocycles. The van der Waals surface area contributed by atoms with Crippen molar-refractivity contribution in [3.63, 3.8) is 0 Å². The zero-order chi connectivity index (χ0) is 11.5. The minimum absolute atomic E-state index is 0.276. The summed E-state index contributed by atoms with van der Waals surface area (Å²) in [4.78, 5) is 2.43. The van der Waals surface area contributed by atoms with E-state index in [9.17, 15) is 5.11 Å². The fourth-order valence-electron chi connectivity index (χ4n) is 2.73. The molecule has 1 N–H and O–H groups in total. The lowest BCUT2D eigenvalue weighted by Gasteiger charge is -2.31. The second kappa shape index (κ2) is 4.98. The van der Waals surface area contributed by atoms with Crippen molar-refractivity contribution in [2.45, 2.75) is 32.4 Å². The van der Waals surface area contributed by atoms with Crippen LogP contribution in [0, 0.1) is 5.92 Å². The number of hydrogen-bond acceptors (Lipinski definition) is 2. The largest absolute Gasteiger partial charge is 0.395 e. The van der Waals surface area contributed by atoms with E-state index in [1.807, 2.05) is 6.07 Å². The van der Waals surface area contributed by atoms with Crippen LogP contribution in [0.15, 0.2) is 30.3 Å². The summed E-state index contributed by atoms with van der Waals surface area (Å²) in [6.45, 7) is 5.84. The first-order valence-electron chi connectivity index (χ1n) is 6.15. The molecule has 0 bridgehead atoms. The highest BCUT2D eigenvalue weighted by molar-refractivity contribution is 5.19. The molecule has 3 atom stereocenters. The van der Waals surface area contributed by atoms with Gasteiger partial charge in [-0.3, -0.25) is 4.90 Å². The molecule has 16 heavy (non-hydrogen) atoms. The first-order valence-corrected chi connectivity index (χ1v) is 6.15. The van der Waals surface area contributed by atoms with Crippen LogP contribution in [0.5, 0.6) is 0 Å². The second-order valence-electron chi connectivity index (χ2n) is 4.84. The van der Waals surface area contributed by atoms with Gasteiger partial charge >= 0.3 is 0 Å². The van der Waals surface area contributed by atoms with Gasteiger partial charge in [0, 0.05) is 12.1 Å². The highest BCUT2D eigenvalue weighted by atomic mass is 16.3. The number of hydrogen-bond donors (Lipinski definition) is 1. The van der Waals surface area contributed by atoms with Gasteiger partial charge in [0.2, 0.25) is 0 Å². The number of aliphatic hydroxyl groups is 1. The van der Waals surface area contributed by atoms with Crippen molar-refractivity contribution in [3.05, 3.63) is 35.9 Å². The van der Waals surface area contributed by atoms with Crippen molar-refractivity contribution in [1.29, 1.82) is 0 Å². The Bertz CT molecular complexity index is 325. The van der Waals surface area contributed by atoms with Crippen LogP contribution in [0.3, 0.4) is 0 Å². The van der Waals surface area contributed by atoms with E-state index in [2.05, 4.69) is 43.0 Å². The zero-order valence-electron chi connectivity index (χ0n) is 10.1. The van der Waals surface area contributed by atoms with Gasteiger partial charge in [-0.1, -0.05) is 37.3 Å². The molecule has 2 heteroatoms. The average Bonchev–Trinajstić information content (AvgIpc) is 2.70. The quantitative estimate of drug-likeness (QED) is 0.844. The van der Waals surface area contributed by atoms with Gasteiger partial charge in [0.1, 0.15) is 0 Å². The van der Waals surface area contributed by atoms with Gasteiger partial charge in [-0.05, 0) is 31.4 Å². The molecule has 0 radical (unpaired) electrons. The predicted molar refractivity (Wildman–Crippen MR) is 66.2 cm³/mol. The first-order chi connectivity index (χ1) is 7.74. The molecule has 1 aromatic carbocycles. The van der Waals surface area contributed by atoms with E-state index in [0.29, 0.717) is 18.0 Å². The molecule has 1 aromatic rings. The summed E-state index contributed by atoms with van der Waals surface area (Å²) in [5.74, 6) is 0.608. The maximum atomic E-state index is 9.46.